The molecule has 0 bridgehead atoms. The number of aryl methyl sites for hydroxylation is 1. The van der Waals surface area contributed by atoms with Gasteiger partial charge in [0.05, 0.1) is 28.8 Å². The summed E-state index contributed by atoms with van der Waals surface area (Å²) in [6, 6.07) is 0.0466. The standard InChI is InChI=1S/C10H15N3O3S/c1-7-9(10(11)14)6-13(12-7)8-2-4-17(15,16)5-3-8/h6,8H,2-5H2,1H3,(H2,11,14). The summed E-state index contributed by atoms with van der Waals surface area (Å²) < 4.78 is 24.3. The fourth-order valence-corrected chi connectivity index (χ4v) is 3.52. The second kappa shape index (κ2) is 4.14. The Kier molecular flexibility index (Phi) is 2.94. The number of sulfone groups is 1. The Labute approximate surface area is 99.7 Å². The van der Waals surface area contributed by atoms with Crippen molar-refractivity contribution in [3.05, 3.63) is 17.5 Å². The number of rotatable bonds is 2. The Morgan fingerprint density at radius 1 is 1.47 bits per heavy atom. The molecule has 1 aliphatic rings. The zero-order valence-corrected chi connectivity index (χ0v) is 10.4. The van der Waals surface area contributed by atoms with E-state index in [4.69, 9.17) is 5.73 Å². The van der Waals surface area contributed by atoms with Gasteiger partial charge in [0, 0.05) is 6.20 Å². The minimum absolute atomic E-state index is 0.0466. The van der Waals surface area contributed by atoms with E-state index in [0.29, 0.717) is 24.1 Å². The highest BCUT2D eigenvalue weighted by Gasteiger charge is 2.26. The van der Waals surface area contributed by atoms with Crippen LogP contribution in [0.25, 0.3) is 0 Å². The lowest BCUT2D eigenvalue weighted by atomic mass is 10.1. The van der Waals surface area contributed by atoms with Crippen molar-refractivity contribution in [2.45, 2.75) is 25.8 Å². The van der Waals surface area contributed by atoms with E-state index in [1.54, 1.807) is 17.8 Å². The molecule has 1 amide bonds. The van der Waals surface area contributed by atoms with E-state index < -0.39 is 15.7 Å². The summed E-state index contributed by atoms with van der Waals surface area (Å²) in [5.74, 6) is -0.137. The summed E-state index contributed by atoms with van der Waals surface area (Å²) in [6.07, 6.45) is 2.70. The van der Waals surface area contributed by atoms with Gasteiger partial charge in [-0.2, -0.15) is 5.10 Å². The highest BCUT2D eigenvalue weighted by Crippen LogP contribution is 2.24. The van der Waals surface area contributed by atoms with E-state index >= 15 is 0 Å². The summed E-state index contributed by atoms with van der Waals surface area (Å²) in [5.41, 5.74) is 6.20. The number of carbonyl (C=O) groups is 1. The van der Waals surface area contributed by atoms with Gasteiger partial charge in [-0.15, -0.1) is 0 Å². The first kappa shape index (κ1) is 12.1. The molecular formula is C10H15N3O3S. The van der Waals surface area contributed by atoms with Crippen molar-refractivity contribution in [2.75, 3.05) is 11.5 Å². The second-order valence-electron chi connectivity index (χ2n) is 4.36. The Bertz CT molecular complexity index is 533. The number of hydrogen-bond donors (Lipinski definition) is 1. The highest BCUT2D eigenvalue weighted by molar-refractivity contribution is 7.91. The van der Waals surface area contributed by atoms with E-state index in [2.05, 4.69) is 5.10 Å². The molecule has 0 atom stereocenters. The maximum absolute atomic E-state index is 11.3. The number of nitrogens with two attached hydrogens (primary N) is 1. The molecule has 0 spiro atoms. The predicted molar refractivity (Wildman–Crippen MR) is 62.4 cm³/mol. The van der Waals surface area contributed by atoms with E-state index in [1.807, 2.05) is 0 Å². The van der Waals surface area contributed by atoms with Gasteiger partial charge in [-0.05, 0) is 19.8 Å². The van der Waals surface area contributed by atoms with Crippen LogP contribution < -0.4 is 5.73 Å². The van der Waals surface area contributed by atoms with Crippen LogP contribution in [-0.4, -0.2) is 35.6 Å². The van der Waals surface area contributed by atoms with Crippen LogP contribution >= 0.6 is 0 Å². The summed E-state index contributed by atoms with van der Waals surface area (Å²) in [7, 11) is -2.88. The smallest absolute Gasteiger partial charge is 0.252 e. The molecule has 2 rings (SSSR count). The van der Waals surface area contributed by atoms with Crippen LogP contribution in [0.2, 0.25) is 0 Å². The van der Waals surface area contributed by atoms with Gasteiger partial charge in [-0.25, -0.2) is 8.42 Å². The lowest BCUT2D eigenvalue weighted by molar-refractivity contribution is 0.0999. The molecule has 1 aromatic heterocycles. The molecule has 7 heteroatoms. The Morgan fingerprint density at radius 2 is 2.06 bits per heavy atom. The summed E-state index contributed by atoms with van der Waals surface area (Å²) in [6.45, 7) is 1.72. The van der Waals surface area contributed by atoms with Crippen molar-refractivity contribution in [3.8, 4) is 0 Å². The number of nitrogens with zero attached hydrogens (tertiary/aromatic N) is 2. The summed E-state index contributed by atoms with van der Waals surface area (Å²) in [4.78, 5) is 11.1. The van der Waals surface area contributed by atoms with Crippen LogP contribution in [0.5, 0.6) is 0 Å². The van der Waals surface area contributed by atoms with Gasteiger partial charge in [0.15, 0.2) is 0 Å². The van der Waals surface area contributed by atoms with Crippen LogP contribution in [0, 0.1) is 6.92 Å². The molecule has 94 valence electrons. The van der Waals surface area contributed by atoms with E-state index in [-0.39, 0.29) is 17.5 Å². The zero-order valence-electron chi connectivity index (χ0n) is 9.59. The van der Waals surface area contributed by atoms with Crippen LogP contribution in [0.1, 0.15) is 34.9 Å². The van der Waals surface area contributed by atoms with Crippen LogP contribution in [0.4, 0.5) is 0 Å². The second-order valence-corrected chi connectivity index (χ2v) is 6.66. The third-order valence-corrected chi connectivity index (χ3v) is 4.80. The molecule has 0 saturated carbocycles. The molecule has 1 aromatic rings. The number of primary amides is 1. The quantitative estimate of drug-likeness (QED) is 0.809. The zero-order chi connectivity index (χ0) is 12.6. The highest BCUT2D eigenvalue weighted by atomic mass is 32.2. The fourth-order valence-electron chi connectivity index (χ4n) is 2.05. The average molecular weight is 257 g/mol. The molecule has 0 aromatic carbocycles. The monoisotopic (exact) mass is 257 g/mol. The van der Waals surface area contributed by atoms with Crippen molar-refractivity contribution in [3.63, 3.8) is 0 Å². The fraction of sp³-hybridized carbons (Fsp3) is 0.600. The molecule has 2 N–H and O–H groups in total. The molecule has 0 unspecified atom stereocenters. The Balaban J connectivity index is 2.19. The van der Waals surface area contributed by atoms with Crippen LogP contribution in [0.3, 0.4) is 0 Å². The van der Waals surface area contributed by atoms with Crippen molar-refractivity contribution >= 4 is 15.7 Å². The van der Waals surface area contributed by atoms with E-state index in [0.717, 1.165) is 0 Å². The topological polar surface area (TPSA) is 95.1 Å². The van der Waals surface area contributed by atoms with Crippen molar-refractivity contribution in [2.24, 2.45) is 5.73 Å². The number of carbonyl (C=O) groups excluding carboxylic acids is 1. The first-order valence-corrected chi connectivity index (χ1v) is 7.27. The molecular weight excluding hydrogens is 242 g/mol. The van der Waals surface area contributed by atoms with Gasteiger partial charge in [0.25, 0.3) is 5.91 Å². The SMILES string of the molecule is Cc1nn(C2CCS(=O)(=O)CC2)cc1C(N)=O. The lowest BCUT2D eigenvalue weighted by Crippen LogP contribution is -2.25. The molecule has 0 aliphatic carbocycles. The van der Waals surface area contributed by atoms with Crippen LogP contribution in [-0.2, 0) is 9.84 Å². The van der Waals surface area contributed by atoms with Gasteiger partial charge in [0.1, 0.15) is 9.84 Å². The molecule has 0 radical (unpaired) electrons. The maximum Gasteiger partial charge on any atom is 0.252 e. The number of hydrogen-bond acceptors (Lipinski definition) is 4. The largest absolute Gasteiger partial charge is 0.365 e. The third kappa shape index (κ3) is 2.49. The minimum atomic E-state index is -2.88. The average Bonchev–Trinajstić information content (AvgIpc) is 2.60. The maximum atomic E-state index is 11.3. The summed E-state index contributed by atoms with van der Waals surface area (Å²) >= 11 is 0. The van der Waals surface area contributed by atoms with Crippen LogP contribution in [0.15, 0.2) is 6.20 Å². The van der Waals surface area contributed by atoms with Crippen molar-refractivity contribution in [1.82, 2.24) is 9.78 Å². The molecule has 1 saturated heterocycles. The Morgan fingerprint density at radius 3 is 2.53 bits per heavy atom. The normalized spacial score (nSPS) is 20.3. The molecule has 6 nitrogen and oxygen atoms in total. The number of aromatic nitrogens is 2. The third-order valence-electron chi connectivity index (χ3n) is 3.08. The molecule has 2 heterocycles. The number of amides is 1. The predicted octanol–water partition coefficient (Wildman–Crippen LogP) is 0.0401. The van der Waals surface area contributed by atoms with E-state index in [9.17, 15) is 13.2 Å². The molecule has 1 fully saturated rings. The minimum Gasteiger partial charge on any atom is -0.365 e. The summed E-state index contributed by atoms with van der Waals surface area (Å²) in [5, 5.41) is 4.22. The molecule has 17 heavy (non-hydrogen) atoms. The van der Waals surface area contributed by atoms with Gasteiger partial charge in [0.2, 0.25) is 0 Å². The van der Waals surface area contributed by atoms with Gasteiger partial charge in [-0.1, -0.05) is 0 Å². The van der Waals surface area contributed by atoms with Gasteiger partial charge >= 0.3 is 0 Å². The first-order valence-electron chi connectivity index (χ1n) is 5.45. The van der Waals surface area contributed by atoms with Gasteiger partial charge < -0.3 is 5.73 Å². The van der Waals surface area contributed by atoms with E-state index in [1.165, 1.54) is 0 Å². The van der Waals surface area contributed by atoms with Crippen molar-refractivity contribution in [1.29, 1.82) is 0 Å². The lowest BCUT2D eigenvalue weighted by Gasteiger charge is -2.22. The van der Waals surface area contributed by atoms with Gasteiger partial charge in [-0.3, -0.25) is 9.48 Å². The Hall–Kier alpha value is -1.37. The first-order chi connectivity index (χ1) is 7.89. The molecule has 1 aliphatic heterocycles. The van der Waals surface area contributed by atoms with Crippen molar-refractivity contribution < 1.29 is 13.2 Å².